The Hall–Kier alpha value is -3.61. The second-order valence-electron chi connectivity index (χ2n) is 7.80. The first-order valence-corrected chi connectivity index (χ1v) is 10.2. The van der Waals surface area contributed by atoms with Crippen molar-refractivity contribution in [2.75, 3.05) is 19.1 Å². The van der Waals surface area contributed by atoms with E-state index in [0.29, 0.717) is 17.2 Å². The number of benzene rings is 2. The number of aromatic nitrogens is 1. The lowest BCUT2D eigenvalue weighted by molar-refractivity contribution is -0.371. The van der Waals surface area contributed by atoms with Crippen molar-refractivity contribution in [3.63, 3.8) is 0 Å². The molecule has 2 aliphatic rings. The monoisotopic (exact) mass is 417 g/mol. The van der Waals surface area contributed by atoms with Crippen LogP contribution in [-0.4, -0.2) is 36.0 Å². The van der Waals surface area contributed by atoms with Crippen LogP contribution in [0.1, 0.15) is 16.8 Å². The summed E-state index contributed by atoms with van der Waals surface area (Å²) in [6, 6.07) is 21.0. The standard InChI is InChI=1S/C24H22BF2N3O/c1-17-9-11-18(12-10-17)24-20-13-15-22(28(2)19-7-5-4-6-8-19)29(20)25(26,27)30-21(24)14-16-23(30)31-3/h4-16H,1-3H3. The average Bonchev–Trinajstić information content (AvgIpc) is 3.41. The highest BCUT2D eigenvalue weighted by atomic mass is 19.2. The lowest BCUT2D eigenvalue weighted by Gasteiger charge is -2.34. The van der Waals surface area contributed by atoms with Crippen molar-refractivity contribution < 1.29 is 17.9 Å². The summed E-state index contributed by atoms with van der Waals surface area (Å²) < 4.78 is 39.6. The van der Waals surface area contributed by atoms with Crippen LogP contribution in [0.25, 0.3) is 5.57 Å². The fraction of sp³-hybridized carbons (Fsp3) is 0.125. The SMILES string of the molecule is COC1=[N+]2C(=C(c3ccc(C)cc3)c3ccc(N(C)c4ccccc4)n3[B-]2(F)F)C=C1. The molecule has 0 fully saturated rings. The zero-order chi connectivity index (χ0) is 21.8. The molecule has 1 aromatic heterocycles. The van der Waals surface area contributed by atoms with Crippen LogP contribution < -0.4 is 4.90 Å². The molecule has 0 amide bonds. The van der Waals surface area contributed by atoms with Crippen LogP contribution in [0, 0.1) is 6.92 Å². The van der Waals surface area contributed by atoms with E-state index >= 15 is 8.63 Å². The number of nitrogens with zero attached hydrogens (tertiary/aromatic N) is 3. The van der Waals surface area contributed by atoms with Gasteiger partial charge in [0.15, 0.2) is 5.70 Å². The Morgan fingerprint density at radius 2 is 1.65 bits per heavy atom. The molecular formula is C24H22BF2N3O. The molecule has 3 aromatic rings. The van der Waals surface area contributed by atoms with Crippen LogP contribution in [-0.2, 0) is 4.74 Å². The molecule has 0 N–H and O–H groups in total. The Balaban J connectivity index is 1.79. The Bertz CT molecular complexity index is 1260. The molecule has 2 aromatic carbocycles. The van der Waals surface area contributed by atoms with Gasteiger partial charge in [-0.15, -0.1) is 0 Å². The van der Waals surface area contributed by atoms with Crippen molar-refractivity contribution in [1.82, 2.24) is 4.48 Å². The van der Waals surface area contributed by atoms with Gasteiger partial charge in [-0.05, 0) is 36.8 Å². The van der Waals surface area contributed by atoms with Gasteiger partial charge >= 0.3 is 12.9 Å². The third-order valence-corrected chi connectivity index (χ3v) is 5.95. The number of aryl methyl sites for hydroxylation is 1. The Labute approximate surface area is 180 Å². The number of halogens is 2. The summed E-state index contributed by atoms with van der Waals surface area (Å²) in [6.45, 7) is -2.16. The number of allylic oxidation sites excluding steroid dienone is 1. The molecular weight excluding hydrogens is 395 g/mol. The fourth-order valence-electron chi connectivity index (χ4n) is 4.41. The zero-order valence-corrected chi connectivity index (χ0v) is 17.6. The first-order valence-electron chi connectivity index (χ1n) is 10.2. The Kier molecular flexibility index (Phi) is 4.36. The number of para-hydroxylation sites is 1. The lowest BCUT2D eigenvalue weighted by Crippen LogP contribution is -2.52. The van der Waals surface area contributed by atoms with E-state index in [4.69, 9.17) is 4.74 Å². The molecule has 0 saturated heterocycles. The predicted octanol–water partition coefficient (Wildman–Crippen LogP) is 5.19. The summed E-state index contributed by atoms with van der Waals surface area (Å²) in [7, 11) is 3.22. The summed E-state index contributed by atoms with van der Waals surface area (Å²) in [5.41, 5.74) is 4.51. The quantitative estimate of drug-likeness (QED) is 0.547. The molecule has 4 nitrogen and oxygen atoms in total. The van der Waals surface area contributed by atoms with Gasteiger partial charge in [0.25, 0.3) is 0 Å². The highest BCUT2D eigenvalue weighted by Crippen LogP contribution is 2.43. The van der Waals surface area contributed by atoms with Gasteiger partial charge in [0.05, 0.1) is 24.6 Å². The Morgan fingerprint density at radius 3 is 2.32 bits per heavy atom. The number of hydrogen-bond donors (Lipinski definition) is 0. The lowest BCUT2D eigenvalue weighted by atomic mass is 9.86. The number of hydrogen-bond acceptors (Lipinski definition) is 2. The molecule has 2 aliphatic heterocycles. The second-order valence-corrected chi connectivity index (χ2v) is 7.80. The normalized spacial score (nSPS) is 16.4. The van der Waals surface area contributed by atoms with Crippen LogP contribution >= 0.6 is 0 Å². The van der Waals surface area contributed by atoms with E-state index in [2.05, 4.69) is 0 Å². The summed E-state index contributed by atoms with van der Waals surface area (Å²) in [6.07, 6.45) is 3.31. The summed E-state index contributed by atoms with van der Waals surface area (Å²) >= 11 is 0. The Morgan fingerprint density at radius 1 is 0.935 bits per heavy atom. The predicted molar refractivity (Wildman–Crippen MR) is 121 cm³/mol. The van der Waals surface area contributed by atoms with E-state index in [9.17, 15) is 0 Å². The number of fused-ring (bicyclic) bond motifs is 2. The van der Waals surface area contributed by atoms with Gasteiger partial charge in [0.1, 0.15) is 0 Å². The minimum absolute atomic E-state index is 0.136. The van der Waals surface area contributed by atoms with E-state index in [-0.39, 0.29) is 5.90 Å². The van der Waals surface area contributed by atoms with E-state index < -0.39 is 6.97 Å². The summed E-state index contributed by atoms with van der Waals surface area (Å²) in [5, 5.41) is 0. The number of ether oxygens (including phenoxy) is 1. The maximum absolute atomic E-state index is 16.1. The van der Waals surface area contributed by atoms with Crippen molar-refractivity contribution in [2.45, 2.75) is 6.92 Å². The largest absolute Gasteiger partial charge is 0.741 e. The molecule has 0 spiro atoms. The maximum atomic E-state index is 16.1. The molecule has 0 atom stereocenters. The van der Waals surface area contributed by atoms with Crippen LogP contribution in [0.15, 0.2) is 84.6 Å². The number of rotatable bonds is 3. The van der Waals surface area contributed by atoms with Crippen molar-refractivity contribution in [3.8, 4) is 0 Å². The summed E-state index contributed by atoms with van der Waals surface area (Å²) in [5.74, 6) is 0.550. The van der Waals surface area contributed by atoms with Crippen molar-refractivity contribution in [1.29, 1.82) is 0 Å². The first-order chi connectivity index (χ1) is 14.9. The molecule has 156 valence electrons. The molecule has 3 heterocycles. The number of methoxy groups -OCH3 is 1. The molecule has 31 heavy (non-hydrogen) atoms. The van der Waals surface area contributed by atoms with Gasteiger partial charge in [-0.2, -0.15) is 0 Å². The maximum Gasteiger partial charge on any atom is 0.741 e. The van der Waals surface area contributed by atoms with Crippen molar-refractivity contribution in [3.05, 3.63) is 101 Å². The molecule has 0 unspecified atom stereocenters. The van der Waals surface area contributed by atoms with Crippen molar-refractivity contribution in [2.24, 2.45) is 0 Å². The van der Waals surface area contributed by atoms with Gasteiger partial charge in [0, 0.05) is 24.5 Å². The van der Waals surface area contributed by atoms with Crippen LogP contribution in [0.5, 0.6) is 0 Å². The molecule has 5 rings (SSSR count). The highest BCUT2D eigenvalue weighted by molar-refractivity contribution is 6.58. The molecule has 7 heteroatoms. The van der Waals surface area contributed by atoms with E-state index in [1.807, 2.05) is 61.5 Å². The topological polar surface area (TPSA) is 20.4 Å². The highest BCUT2D eigenvalue weighted by Gasteiger charge is 2.55. The van der Waals surface area contributed by atoms with E-state index in [0.717, 1.165) is 31.4 Å². The third-order valence-electron chi connectivity index (χ3n) is 5.95. The van der Waals surface area contributed by atoms with Gasteiger partial charge in [-0.3, -0.25) is 4.49 Å². The number of anilines is 2. The van der Waals surface area contributed by atoms with Crippen LogP contribution in [0.4, 0.5) is 20.1 Å². The van der Waals surface area contributed by atoms with Crippen LogP contribution in [0.3, 0.4) is 0 Å². The zero-order valence-electron chi connectivity index (χ0n) is 17.6. The van der Waals surface area contributed by atoms with Crippen molar-refractivity contribution >= 4 is 29.9 Å². The first kappa shape index (κ1) is 19.4. The molecule has 0 radical (unpaired) electrons. The van der Waals surface area contributed by atoms with E-state index in [1.165, 1.54) is 7.11 Å². The minimum atomic E-state index is -4.17. The van der Waals surface area contributed by atoms with E-state index in [1.54, 1.807) is 36.2 Å². The smallest absolute Gasteiger partial charge is 0.451 e. The van der Waals surface area contributed by atoms with Gasteiger partial charge in [-0.25, -0.2) is 0 Å². The van der Waals surface area contributed by atoms with Gasteiger partial charge in [0.2, 0.25) is 0 Å². The molecule has 0 aliphatic carbocycles. The molecule has 0 bridgehead atoms. The van der Waals surface area contributed by atoms with Gasteiger partial charge < -0.3 is 22.7 Å². The third kappa shape index (κ3) is 2.84. The second kappa shape index (κ2) is 6.98. The van der Waals surface area contributed by atoms with Gasteiger partial charge in [-0.1, -0.05) is 48.0 Å². The van der Waals surface area contributed by atoms with Crippen LogP contribution in [0.2, 0.25) is 0 Å². The molecule has 0 saturated carbocycles. The summed E-state index contributed by atoms with van der Waals surface area (Å²) in [4.78, 5) is 1.78. The average molecular weight is 417 g/mol. The fourth-order valence-corrected chi connectivity index (χ4v) is 4.41. The minimum Gasteiger partial charge on any atom is -0.451 e.